The minimum absolute atomic E-state index is 0.0634. The predicted octanol–water partition coefficient (Wildman–Crippen LogP) is 2.61. The summed E-state index contributed by atoms with van der Waals surface area (Å²) < 4.78 is 23.9. The van der Waals surface area contributed by atoms with Crippen LogP contribution in [0.1, 0.15) is 52.7 Å². The smallest absolute Gasteiger partial charge is 0.279 e. The third-order valence-electron chi connectivity index (χ3n) is 6.33. The summed E-state index contributed by atoms with van der Waals surface area (Å²) in [7, 11) is 0. The number of carbonyl (C=O) groups excluding carboxylic acids is 2. The average molecular weight is 426 g/mol. The molecule has 2 aromatic heterocycles. The van der Waals surface area contributed by atoms with Crippen LogP contribution in [0.5, 0.6) is 5.75 Å². The number of nitrogens with two attached hydrogens (primary N) is 1. The van der Waals surface area contributed by atoms with Crippen LogP contribution in [0.25, 0.3) is 11.0 Å². The minimum atomic E-state index is -0.651. The lowest BCUT2D eigenvalue weighted by Crippen LogP contribution is -2.39. The Kier molecular flexibility index (Phi) is 4.28. The molecule has 1 saturated carbocycles. The van der Waals surface area contributed by atoms with Crippen molar-refractivity contribution in [1.82, 2.24) is 19.3 Å². The molecule has 0 bridgehead atoms. The Bertz CT molecular complexity index is 1240. The molecule has 1 aliphatic carbocycles. The molecule has 3 aromatic rings. The third-order valence-corrected chi connectivity index (χ3v) is 6.33. The van der Waals surface area contributed by atoms with E-state index in [9.17, 15) is 14.0 Å². The van der Waals surface area contributed by atoms with Crippen LogP contribution in [-0.4, -0.2) is 37.8 Å². The highest BCUT2D eigenvalue weighted by Crippen LogP contribution is 2.47. The number of nitrogens with zero attached hydrogens (tertiary/aromatic N) is 4. The van der Waals surface area contributed by atoms with E-state index in [0.717, 1.165) is 19.3 Å². The van der Waals surface area contributed by atoms with Crippen LogP contribution < -0.4 is 15.8 Å². The zero-order valence-electron chi connectivity index (χ0n) is 17.4. The number of imidazole rings is 1. The lowest BCUT2D eigenvalue weighted by atomic mass is 9.69. The Hall–Kier alpha value is -3.43. The van der Waals surface area contributed by atoms with E-state index in [1.807, 2.05) is 4.57 Å². The molecule has 1 fully saturated rings. The number of ether oxygens (including phenoxy) is 1. The summed E-state index contributed by atoms with van der Waals surface area (Å²) in [6.07, 6.45) is 3.09. The number of halogens is 1. The summed E-state index contributed by atoms with van der Waals surface area (Å²) in [5.41, 5.74) is 6.89. The zero-order chi connectivity index (χ0) is 21.9. The third kappa shape index (κ3) is 2.96. The average Bonchev–Trinajstić information content (AvgIpc) is 3.11. The lowest BCUT2D eigenvalue weighted by molar-refractivity contribution is 0.0478. The Balaban J connectivity index is 1.62. The van der Waals surface area contributed by atoms with Gasteiger partial charge < -0.3 is 15.0 Å². The van der Waals surface area contributed by atoms with Gasteiger partial charge in [-0.05, 0) is 38.8 Å². The standard InChI is InChI=1S/C21H23FN6O3/c1-3-28-17(15(22)11(2)26-28)19(30)25-20-24-13-7-12(18(23)29)8-14-16(13)27(20)9-21(10-31-14)5-4-6-21/h7-8H,3-6,9-10H2,1-2H3,(H2,23,29)(H,24,25,30). The first-order valence-corrected chi connectivity index (χ1v) is 10.3. The second-order valence-corrected chi connectivity index (χ2v) is 8.39. The molecule has 3 heterocycles. The first-order chi connectivity index (χ1) is 14.8. The molecule has 0 atom stereocenters. The van der Waals surface area contributed by atoms with Gasteiger partial charge in [0.25, 0.3) is 5.91 Å². The fourth-order valence-electron chi connectivity index (χ4n) is 4.49. The molecule has 31 heavy (non-hydrogen) atoms. The highest BCUT2D eigenvalue weighted by molar-refractivity contribution is 6.04. The first kappa shape index (κ1) is 19.5. The van der Waals surface area contributed by atoms with Gasteiger partial charge in [0.05, 0.1) is 17.8 Å². The second-order valence-electron chi connectivity index (χ2n) is 8.39. The summed E-state index contributed by atoms with van der Waals surface area (Å²) in [6, 6.07) is 3.19. The van der Waals surface area contributed by atoms with E-state index >= 15 is 0 Å². The number of benzene rings is 1. The van der Waals surface area contributed by atoms with Crippen LogP contribution >= 0.6 is 0 Å². The normalized spacial score (nSPS) is 16.6. The Morgan fingerprint density at radius 3 is 2.77 bits per heavy atom. The zero-order valence-corrected chi connectivity index (χ0v) is 17.4. The Morgan fingerprint density at radius 1 is 1.35 bits per heavy atom. The van der Waals surface area contributed by atoms with Gasteiger partial charge in [-0.1, -0.05) is 6.42 Å². The number of aromatic nitrogens is 4. The molecule has 9 nitrogen and oxygen atoms in total. The molecule has 0 unspecified atom stereocenters. The van der Waals surface area contributed by atoms with E-state index in [2.05, 4.69) is 15.4 Å². The fraction of sp³-hybridized carbons (Fsp3) is 0.429. The fourth-order valence-corrected chi connectivity index (χ4v) is 4.49. The predicted molar refractivity (Wildman–Crippen MR) is 111 cm³/mol. The molecule has 1 aromatic carbocycles. The van der Waals surface area contributed by atoms with Gasteiger partial charge in [-0.3, -0.25) is 19.6 Å². The van der Waals surface area contributed by atoms with Crippen molar-refractivity contribution in [2.45, 2.75) is 46.2 Å². The van der Waals surface area contributed by atoms with Crippen LogP contribution in [-0.2, 0) is 13.1 Å². The van der Waals surface area contributed by atoms with Crippen molar-refractivity contribution in [2.75, 3.05) is 11.9 Å². The topological polar surface area (TPSA) is 117 Å². The van der Waals surface area contributed by atoms with Gasteiger partial charge in [-0.15, -0.1) is 0 Å². The summed E-state index contributed by atoms with van der Waals surface area (Å²) in [4.78, 5) is 29.3. The summed E-state index contributed by atoms with van der Waals surface area (Å²) in [5.74, 6) is -1.09. The van der Waals surface area contributed by atoms with Crippen molar-refractivity contribution in [1.29, 1.82) is 0 Å². The van der Waals surface area contributed by atoms with Gasteiger partial charge >= 0.3 is 0 Å². The number of hydrogen-bond acceptors (Lipinski definition) is 5. The van der Waals surface area contributed by atoms with Crippen molar-refractivity contribution in [2.24, 2.45) is 11.1 Å². The molecule has 1 aliphatic heterocycles. The number of carbonyl (C=O) groups is 2. The SMILES string of the molecule is CCn1nc(C)c(F)c1C(=O)Nc1nc2cc(C(N)=O)cc3c2n1CC1(CCC1)CO3. The van der Waals surface area contributed by atoms with Crippen LogP contribution in [0.3, 0.4) is 0 Å². The van der Waals surface area contributed by atoms with Crippen molar-refractivity contribution in [3.05, 3.63) is 34.9 Å². The van der Waals surface area contributed by atoms with Gasteiger partial charge in [-0.25, -0.2) is 9.37 Å². The number of aryl methyl sites for hydroxylation is 2. The van der Waals surface area contributed by atoms with E-state index in [1.54, 1.807) is 19.1 Å². The number of anilines is 1. The summed E-state index contributed by atoms with van der Waals surface area (Å²) in [6.45, 7) is 4.78. The van der Waals surface area contributed by atoms with Crippen LogP contribution in [0.4, 0.5) is 10.3 Å². The maximum atomic E-state index is 14.6. The van der Waals surface area contributed by atoms with Crippen molar-refractivity contribution < 1.29 is 18.7 Å². The van der Waals surface area contributed by atoms with Crippen LogP contribution in [0.15, 0.2) is 12.1 Å². The lowest BCUT2D eigenvalue weighted by Gasteiger charge is -2.40. The van der Waals surface area contributed by atoms with Gasteiger partial charge in [0.15, 0.2) is 11.5 Å². The molecule has 2 aliphatic rings. The van der Waals surface area contributed by atoms with Crippen LogP contribution in [0.2, 0.25) is 0 Å². The quantitative estimate of drug-likeness (QED) is 0.665. The Labute approximate surface area is 177 Å². The van der Waals surface area contributed by atoms with E-state index in [1.165, 1.54) is 11.6 Å². The van der Waals surface area contributed by atoms with E-state index in [0.29, 0.717) is 36.5 Å². The molecule has 10 heteroatoms. The van der Waals surface area contributed by atoms with E-state index < -0.39 is 17.6 Å². The molecule has 162 valence electrons. The summed E-state index contributed by atoms with van der Waals surface area (Å²) in [5, 5.41) is 6.84. The number of hydrogen-bond donors (Lipinski definition) is 2. The maximum Gasteiger partial charge on any atom is 0.279 e. The maximum absolute atomic E-state index is 14.6. The van der Waals surface area contributed by atoms with Crippen molar-refractivity contribution in [3.63, 3.8) is 0 Å². The minimum Gasteiger partial charge on any atom is -0.491 e. The van der Waals surface area contributed by atoms with Gasteiger partial charge in [0.1, 0.15) is 11.3 Å². The molecule has 0 saturated heterocycles. The monoisotopic (exact) mass is 426 g/mol. The molecular formula is C21H23FN6O3. The van der Waals surface area contributed by atoms with Gasteiger partial charge in [-0.2, -0.15) is 5.10 Å². The second kappa shape index (κ2) is 6.79. The highest BCUT2D eigenvalue weighted by atomic mass is 19.1. The number of amides is 2. The molecule has 0 radical (unpaired) electrons. The largest absolute Gasteiger partial charge is 0.491 e. The number of nitrogens with one attached hydrogen (secondary N) is 1. The number of rotatable bonds is 4. The van der Waals surface area contributed by atoms with Gasteiger partial charge in [0.2, 0.25) is 11.9 Å². The molecule has 5 rings (SSSR count). The molecular weight excluding hydrogens is 403 g/mol. The molecule has 3 N–H and O–H groups in total. The van der Waals surface area contributed by atoms with Crippen LogP contribution in [0, 0.1) is 18.2 Å². The highest BCUT2D eigenvalue weighted by Gasteiger charge is 2.41. The summed E-state index contributed by atoms with van der Waals surface area (Å²) >= 11 is 0. The molecule has 1 spiro atoms. The van der Waals surface area contributed by atoms with Crippen molar-refractivity contribution >= 4 is 28.8 Å². The first-order valence-electron chi connectivity index (χ1n) is 10.3. The van der Waals surface area contributed by atoms with E-state index in [4.69, 9.17) is 10.5 Å². The number of primary amides is 1. The Morgan fingerprint density at radius 2 is 2.13 bits per heavy atom. The van der Waals surface area contributed by atoms with Gasteiger partial charge in [0, 0.05) is 24.1 Å². The van der Waals surface area contributed by atoms with E-state index in [-0.39, 0.29) is 28.3 Å². The molecule has 2 amide bonds. The van der Waals surface area contributed by atoms with Crippen molar-refractivity contribution in [3.8, 4) is 5.75 Å².